The van der Waals surface area contributed by atoms with E-state index in [9.17, 15) is 4.79 Å². The third kappa shape index (κ3) is 3.06. The molecule has 0 unspecified atom stereocenters. The maximum atomic E-state index is 11.9. The second-order valence-electron chi connectivity index (χ2n) is 3.62. The first kappa shape index (κ1) is 12.5. The Labute approximate surface area is 109 Å². The lowest BCUT2D eigenvalue weighted by Gasteiger charge is -2.08. The Morgan fingerprint density at radius 1 is 1.39 bits per heavy atom. The number of anilines is 1. The van der Waals surface area contributed by atoms with E-state index < -0.39 is 0 Å². The largest absolute Gasteiger partial charge is 0.352 e. The summed E-state index contributed by atoms with van der Waals surface area (Å²) in [5.41, 5.74) is 3.67. The highest BCUT2D eigenvalue weighted by Crippen LogP contribution is 2.13. The van der Waals surface area contributed by atoms with E-state index in [4.69, 9.17) is 5.84 Å². The van der Waals surface area contributed by atoms with E-state index in [0.29, 0.717) is 17.8 Å². The quantitative estimate of drug-likeness (QED) is 0.562. The van der Waals surface area contributed by atoms with Gasteiger partial charge in [-0.15, -0.1) is 11.3 Å². The maximum absolute atomic E-state index is 11.9. The van der Waals surface area contributed by atoms with Gasteiger partial charge in [0.25, 0.3) is 5.91 Å². The summed E-state index contributed by atoms with van der Waals surface area (Å²) >= 11 is 1.58. The number of nitrogen functional groups attached to an aromatic ring is 1. The molecule has 0 aliphatic carbocycles. The van der Waals surface area contributed by atoms with Crippen molar-refractivity contribution in [2.45, 2.75) is 6.42 Å². The molecule has 0 radical (unpaired) electrons. The van der Waals surface area contributed by atoms with Gasteiger partial charge in [0.15, 0.2) is 0 Å². The van der Waals surface area contributed by atoms with E-state index in [1.54, 1.807) is 35.7 Å². The molecule has 18 heavy (non-hydrogen) atoms. The van der Waals surface area contributed by atoms with Crippen LogP contribution < -0.4 is 16.6 Å². The van der Waals surface area contributed by atoms with Gasteiger partial charge in [-0.05, 0) is 12.1 Å². The summed E-state index contributed by atoms with van der Waals surface area (Å²) in [6, 6.07) is 7.11. The van der Waals surface area contributed by atoms with E-state index in [1.807, 2.05) is 11.4 Å². The third-order valence-electron chi connectivity index (χ3n) is 2.44. The molecule has 1 aromatic carbocycles. The molecule has 1 amide bonds. The number of carbonyl (C=O) groups excluding carboxylic acids is 1. The van der Waals surface area contributed by atoms with Crippen LogP contribution >= 0.6 is 11.3 Å². The molecule has 5 nitrogen and oxygen atoms in total. The molecule has 0 fully saturated rings. The number of nitrogens with two attached hydrogens (primary N) is 1. The molecule has 2 aromatic rings. The van der Waals surface area contributed by atoms with Crippen LogP contribution in [0.3, 0.4) is 0 Å². The number of carbonyl (C=O) groups is 1. The molecular formula is C12H14N4OS. The molecule has 0 atom stereocenters. The molecular weight excluding hydrogens is 248 g/mol. The van der Waals surface area contributed by atoms with Crippen molar-refractivity contribution >= 4 is 22.9 Å². The number of hydrazine groups is 1. The monoisotopic (exact) mass is 262 g/mol. The minimum Gasteiger partial charge on any atom is -0.352 e. The zero-order valence-electron chi connectivity index (χ0n) is 9.72. The van der Waals surface area contributed by atoms with Crippen molar-refractivity contribution in [2.75, 3.05) is 12.0 Å². The molecule has 0 aliphatic rings. The van der Waals surface area contributed by atoms with Gasteiger partial charge in [-0.3, -0.25) is 10.6 Å². The molecule has 0 bridgehead atoms. The molecule has 1 aromatic heterocycles. The van der Waals surface area contributed by atoms with Crippen molar-refractivity contribution < 1.29 is 4.79 Å². The zero-order valence-corrected chi connectivity index (χ0v) is 10.5. The fourth-order valence-corrected chi connectivity index (χ4v) is 2.18. The molecule has 6 heteroatoms. The number of nitrogens with zero attached hydrogens (tertiary/aromatic N) is 1. The minimum atomic E-state index is -0.139. The summed E-state index contributed by atoms with van der Waals surface area (Å²) in [7, 11) is 0. The highest BCUT2D eigenvalue weighted by molar-refractivity contribution is 7.09. The van der Waals surface area contributed by atoms with Crippen molar-refractivity contribution in [2.24, 2.45) is 5.84 Å². The van der Waals surface area contributed by atoms with E-state index in [-0.39, 0.29) is 5.91 Å². The Balaban J connectivity index is 1.91. The van der Waals surface area contributed by atoms with Gasteiger partial charge in [0.1, 0.15) is 0 Å². The van der Waals surface area contributed by atoms with Crippen LogP contribution in [0.2, 0.25) is 0 Å². The van der Waals surface area contributed by atoms with Gasteiger partial charge in [0.05, 0.1) is 16.3 Å². The first-order valence-corrected chi connectivity index (χ1v) is 6.41. The lowest BCUT2D eigenvalue weighted by molar-refractivity contribution is 0.0955. The number of benzene rings is 1. The van der Waals surface area contributed by atoms with Crippen LogP contribution in [0.25, 0.3) is 0 Å². The van der Waals surface area contributed by atoms with Gasteiger partial charge in [-0.2, -0.15) is 0 Å². The minimum absolute atomic E-state index is 0.139. The van der Waals surface area contributed by atoms with Crippen LogP contribution in [0, 0.1) is 0 Å². The number of aromatic nitrogens is 1. The number of para-hydroxylation sites is 1. The smallest absolute Gasteiger partial charge is 0.253 e. The van der Waals surface area contributed by atoms with Gasteiger partial charge in [-0.1, -0.05) is 12.1 Å². The highest BCUT2D eigenvalue weighted by Gasteiger charge is 2.09. The molecule has 94 valence electrons. The molecule has 1 heterocycles. The predicted octanol–water partition coefficient (Wildman–Crippen LogP) is 1.40. The zero-order chi connectivity index (χ0) is 12.8. The fourth-order valence-electron chi connectivity index (χ4n) is 1.56. The lowest BCUT2D eigenvalue weighted by Crippen LogP contribution is -2.27. The van der Waals surface area contributed by atoms with Gasteiger partial charge >= 0.3 is 0 Å². The van der Waals surface area contributed by atoms with E-state index in [0.717, 1.165) is 11.4 Å². The Hall–Kier alpha value is -1.92. The molecule has 4 N–H and O–H groups in total. The molecule has 0 saturated carbocycles. The summed E-state index contributed by atoms with van der Waals surface area (Å²) in [5.74, 6) is 5.22. The lowest BCUT2D eigenvalue weighted by atomic mass is 10.1. The summed E-state index contributed by atoms with van der Waals surface area (Å²) in [5, 5.41) is 5.78. The van der Waals surface area contributed by atoms with E-state index in [1.165, 1.54) is 0 Å². The molecule has 0 aliphatic heterocycles. The first-order valence-electron chi connectivity index (χ1n) is 5.53. The molecule has 2 rings (SSSR count). The number of rotatable bonds is 5. The first-order chi connectivity index (χ1) is 8.81. The second-order valence-corrected chi connectivity index (χ2v) is 4.60. The van der Waals surface area contributed by atoms with Crippen LogP contribution in [-0.4, -0.2) is 17.4 Å². The van der Waals surface area contributed by atoms with Gasteiger partial charge in [-0.25, -0.2) is 4.98 Å². The van der Waals surface area contributed by atoms with Crippen LogP contribution in [0.4, 0.5) is 5.69 Å². The summed E-state index contributed by atoms with van der Waals surface area (Å²) < 4.78 is 0. The Kier molecular flexibility index (Phi) is 4.27. The fraction of sp³-hybridized carbons (Fsp3) is 0.167. The van der Waals surface area contributed by atoms with Crippen molar-refractivity contribution in [1.82, 2.24) is 10.3 Å². The average molecular weight is 262 g/mol. The Morgan fingerprint density at radius 2 is 2.22 bits per heavy atom. The van der Waals surface area contributed by atoms with Gasteiger partial charge in [0.2, 0.25) is 0 Å². The number of hydrogen-bond donors (Lipinski definition) is 3. The summed E-state index contributed by atoms with van der Waals surface area (Å²) in [6.45, 7) is 0.561. The number of amides is 1. The Morgan fingerprint density at radius 3 is 2.94 bits per heavy atom. The summed E-state index contributed by atoms with van der Waals surface area (Å²) in [4.78, 5) is 16.1. The molecule has 0 spiro atoms. The highest BCUT2D eigenvalue weighted by atomic mass is 32.1. The number of nitrogens with one attached hydrogen (secondary N) is 2. The SMILES string of the molecule is NNc1ccccc1C(=O)NCCc1nccs1. The van der Waals surface area contributed by atoms with E-state index in [2.05, 4.69) is 15.7 Å². The molecule has 0 saturated heterocycles. The van der Waals surface area contributed by atoms with Crippen molar-refractivity contribution in [3.8, 4) is 0 Å². The van der Waals surface area contributed by atoms with E-state index >= 15 is 0 Å². The van der Waals surface area contributed by atoms with Crippen LogP contribution in [-0.2, 0) is 6.42 Å². The average Bonchev–Trinajstić information content (AvgIpc) is 2.91. The maximum Gasteiger partial charge on any atom is 0.253 e. The summed E-state index contributed by atoms with van der Waals surface area (Å²) in [6.07, 6.45) is 2.50. The van der Waals surface area contributed by atoms with Crippen LogP contribution in [0.5, 0.6) is 0 Å². The van der Waals surface area contributed by atoms with Crippen molar-refractivity contribution in [3.63, 3.8) is 0 Å². The number of hydrogen-bond acceptors (Lipinski definition) is 5. The van der Waals surface area contributed by atoms with Crippen molar-refractivity contribution in [3.05, 3.63) is 46.4 Å². The topological polar surface area (TPSA) is 80.0 Å². The van der Waals surface area contributed by atoms with Gasteiger partial charge in [0, 0.05) is 24.5 Å². The van der Waals surface area contributed by atoms with Crippen molar-refractivity contribution in [1.29, 1.82) is 0 Å². The van der Waals surface area contributed by atoms with Crippen LogP contribution in [0.1, 0.15) is 15.4 Å². The number of thiazole rings is 1. The third-order valence-corrected chi connectivity index (χ3v) is 3.27. The second kappa shape index (κ2) is 6.13. The van der Waals surface area contributed by atoms with Crippen LogP contribution in [0.15, 0.2) is 35.8 Å². The Bertz CT molecular complexity index is 513. The normalized spacial score (nSPS) is 10.1. The van der Waals surface area contributed by atoms with Gasteiger partial charge < -0.3 is 10.7 Å². The predicted molar refractivity (Wildman–Crippen MR) is 72.4 cm³/mol. The standard InChI is InChI=1S/C12H14N4OS/c13-16-10-4-2-1-3-9(10)12(17)15-6-5-11-14-7-8-18-11/h1-4,7-8,16H,5-6,13H2,(H,15,17).